The lowest BCUT2D eigenvalue weighted by Crippen LogP contribution is -2.40. The van der Waals surface area contributed by atoms with Gasteiger partial charge in [-0.2, -0.15) is 0 Å². The summed E-state index contributed by atoms with van der Waals surface area (Å²) in [6.45, 7) is 9.60. The predicted molar refractivity (Wildman–Crippen MR) is 128 cm³/mol. The first kappa shape index (κ1) is 24.9. The quantitative estimate of drug-likeness (QED) is 0.427. The number of fused-ring (bicyclic) bond motifs is 1. The van der Waals surface area contributed by atoms with Crippen LogP contribution in [0.15, 0.2) is 28.9 Å². The van der Waals surface area contributed by atoms with Gasteiger partial charge in [0.05, 0.1) is 23.0 Å². The standard InChI is InChI=1S/C23H28ClN3O5S/c1-13(27(6)22(29)32-23(3,4)5)10-17-14(2)19-20(33-17)16(11-18(24)26-19)31-21(28)25-12-15-8-7-9-30-15/h7-9,11,13H,10,12H2,1-6H3,(H,25,28). The van der Waals surface area contributed by atoms with Crippen molar-refractivity contribution < 1.29 is 23.5 Å². The summed E-state index contributed by atoms with van der Waals surface area (Å²) in [6, 6.07) is 4.90. The number of amides is 2. The smallest absolute Gasteiger partial charge is 0.413 e. The first-order valence-electron chi connectivity index (χ1n) is 10.5. The van der Waals surface area contributed by atoms with Crippen LogP contribution in [0.2, 0.25) is 5.15 Å². The molecule has 0 aliphatic rings. The molecule has 0 radical (unpaired) electrons. The largest absolute Gasteiger partial charge is 0.467 e. The fourth-order valence-corrected chi connectivity index (χ4v) is 4.56. The first-order valence-corrected chi connectivity index (χ1v) is 11.7. The molecule has 0 aromatic carbocycles. The number of nitrogens with zero attached hydrogens (tertiary/aromatic N) is 2. The molecule has 2 amide bonds. The topological polar surface area (TPSA) is 93.9 Å². The first-order chi connectivity index (χ1) is 15.4. The Hall–Kier alpha value is -2.78. The van der Waals surface area contributed by atoms with Crippen molar-refractivity contribution in [1.29, 1.82) is 0 Å². The molecule has 1 N–H and O–H groups in total. The summed E-state index contributed by atoms with van der Waals surface area (Å²) in [5.41, 5.74) is 1.04. The number of nitrogens with one attached hydrogen (secondary N) is 1. The van der Waals surface area contributed by atoms with Crippen LogP contribution in [0.4, 0.5) is 9.59 Å². The van der Waals surface area contributed by atoms with Crippen LogP contribution in [-0.2, 0) is 17.7 Å². The molecular formula is C23H28ClN3O5S. The number of hydrogen-bond acceptors (Lipinski definition) is 7. The third-order valence-electron chi connectivity index (χ3n) is 4.92. The van der Waals surface area contributed by atoms with Crippen LogP contribution >= 0.6 is 22.9 Å². The van der Waals surface area contributed by atoms with E-state index in [1.807, 2.05) is 34.6 Å². The number of furan rings is 1. The molecular weight excluding hydrogens is 466 g/mol. The molecule has 0 spiro atoms. The molecule has 10 heteroatoms. The van der Waals surface area contributed by atoms with E-state index in [0.29, 0.717) is 28.1 Å². The number of hydrogen-bond donors (Lipinski definition) is 1. The maximum Gasteiger partial charge on any atom is 0.413 e. The van der Waals surface area contributed by atoms with Crippen LogP contribution in [0.5, 0.6) is 5.75 Å². The Morgan fingerprint density at radius 2 is 2.09 bits per heavy atom. The lowest BCUT2D eigenvalue weighted by Gasteiger charge is -2.28. The molecule has 3 heterocycles. The fourth-order valence-electron chi connectivity index (χ4n) is 3.06. The average molecular weight is 494 g/mol. The average Bonchev–Trinajstić information content (AvgIpc) is 3.34. The zero-order chi connectivity index (χ0) is 24.3. The Bertz CT molecular complexity index is 1140. The van der Waals surface area contributed by atoms with Crippen molar-refractivity contribution >= 4 is 45.3 Å². The van der Waals surface area contributed by atoms with Crippen molar-refractivity contribution in [2.45, 2.75) is 59.2 Å². The van der Waals surface area contributed by atoms with Crippen LogP contribution in [0.3, 0.4) is 0 Å². The van der Waals surface area contributed by atoms with Crippen molar-refractivity contribution in [2.75, 3.05) is 7.05 Å². The second-order valence-electron chi connectivity index (χ2n) is 8.74. The van der Waals surface area contributed by atoms with Gasteiger partial charge in [-0.1, -0.05) is 11.6 Å². The monoisotopic (exact) mass is 493 g/mol. The molecule has 1 atom stereocenters. The summed E-state index contributed by atoms with van der Waals surface area (Å²) < 4.78 is 16.9. The van der Waals surface area contributed by atoms with Gasteiger partial charge < -0.3 is 24.1 Å². The normalized spacial score (nSPS) is 12.5. The summed E-state index contributed by atoms with van der Waals surface area (Å²) in [5.74, 6) is 0.941. The van der Waals surface area contributed by atoms with Gasteiger partial charge >= 0.3 is 12.2 Å². The van der Waals surface area contributed by atoms with Crippen LogP contribution in [0.25, 0.3) is 10.2 Å². The highest BCUT2D eigenvalue weighted by Crippen LogP contribution is 2.38. The summed E-state index contributed by atoms with van der Waals surface area (Å²) >= 11 is 7.67. The molecule has 3 aromatic heterocycles. The Morgan fingerprint density at radius 3 is 2.73 bits per heavy atom. The van der Waals surface area contributed by atoms with Gasteiger partial charge in [-0.25, -0.2) is 14.6 Å². The van der Waals surface area contributed by atoms with Crippen LogP contribution in [0.1, 0.15) is 43.9 Å². The van der Waals surface area contributed by atoms with E-state index in [1.54, 1.807) is 24.1 Å². The van der Waals surface area contributed by atoms with Crippen LogP contribution < -0.4 is 10.1 Å². The summed E-state index contributed by atoms with van der Waals surface area (Å²) in [4.78, 5) is 31.8. The van der Waals surface area contributed by atoms with Crippen LogP contribution in [0, 0.1) is 6.92 Å². The van der Waals surface area contributed by atoms with E-state index in [4.69, 9.17) is 25.5 Å². The molecule has 3 aromatic rings. The zero-order valence-electron chi connectivity index (χ0n) is 19.5. The minimum Gasteiger partial charge on any atom is -0.467 e. The number of ether oxygens (including phenoxy) is 2. The van der Waals surface area contributed by atoms with Gasteiger partial charge in [0.1, 0.15) is 16.5 Å². The molecule has 0 aliphatic carbocycles. The molecule has 0 saturated heterocycles. The molecule has 178 valence electrons. The van der Waals surface area contributed by atoms with Crippen LogP contribution in [-0.4, -0.2) is 40.8 Å². The molecule has 8 nitrogen and oxygen atoms in total. The number of pyridine rings is 1. The Labute approximate surface area is 201 Å². The molecule has 0 aliphatic heterocycles. The number of likely N-dealkylation sites (N-methyl/N-ethyl adjacent to an activating group) is 1. The number of aryl methyl sites for hydroxylation is 1. The van der Waals surface area contributed by atoms with Crippen molar-refractivity contribution in [2.24, 2.45) is 0 Å². The number of carbonyl (C=O) groups excluding carboxylic acids is 2. The minimum absolute atomic E-state index is 0.122. The molecule has 0 fully saturated rings. The maximum atomic E-state index is 12.4. The van der Waals surface area contributed by atoms with E-state index in [-0.39, 0.29) is 23.8 Å². The summed E-state index contributed by atoms with van der Waals surface area (Å²) in [7, 11) is 1.72. The molecule has 0 saturated carbocycles. The predicted octanol–water partition coefficient (Wildman–Crippen LogP) is 5.94. The lowest BCUT2D eigenvalue weighted by molar-refractivity contribution is 0.0236. The van der Waals surface area contributed by atoms with E-state index in [1.165, 1.54) is 23.7 Å². The Balaban J connectivity index is 1.77. The van der Waals surface area contributed by atoms with Gasteiger partial charge in [0.2, 0.25) is 0 Å². The summed E-state index contributed by atoms with van der Waals surface area (Å²) in [6.07, 6.45) is 1.11. The third kappa shape index (κ3) is 6.39. The highest BCUT2D eigenvalue weighted by atomic mass is 35.5. The van der Waals surface area contributed by atoms with Crippen molar-refractivity contribution in [3.8, 4) is 5.75 Å². The van der Waals surface area contributed by atoms with Gasteiger partial charge in [0, 0.05) is 30.5 Å². The van der Waals surface area contributed by atoms with Crippen molar-refractivity contribution in [1.82, 2.24) is 15.2 Å². The van der Waals surface area contributed by atoms with E-state index in [9.17, 15) is 9.59 Å². The highest BCUT2D eigenvalue weighted by molar-refractivity contribution is 7.19. The van der Waals surface area contributed by atoms with Gasteiger partial charge in [-0.05, 0) is 52.3 Å². The number of rotatable bonds is 6. The van der Waals surface area contributed by atoms with Crippen molar-refractivity contribution in [3.05, 3.63) is 45.8 Å². The summed E-state index contributed by atoms with van der Waals surface area (Å²) in [5, 5.41) is 2.87. The Kier molecular flexibility index (Phi) is 7.54. The SMILES string of the molecule is Cc1c(CC(C)N(C)C(=O)OC(C)(C)C)sc2c(OC(=O)NCc3ccco3)cc(Cl)nc12. The lowest BCUT2D eigenvalue weighted by atomic mass is 10.1. The van der Waals surface area contributed by atoms with Gasteiger partial charge in [-0.15, -0.1) is 11.3 Å². The van der Waals surface area contributed by atoms with Crippen molar-refractivity contribution in [3.63, 3.8) is 0 Å². The van der Waals surface area contributed by atoms with E-state index < -0.39 is 11.7 Å². The molecule has 33 heavy (non-hydrogen) atoms. The fraction of sp³-hybridized carbons (Fsp3) is 0.435. The Morgan fingerprint density at radius 1 is 1.36 bits per heavy atom. The van der Waals surface area contributed by atoms with Gasteiger partial charge in [0.25, 0.3) is 0 Å². The second-order valence-corrected chi connectivity index (χ2v) is 10.2. The van der Waals surface area contributed by atoms with E-state index in [0.717, 1.165) is 10.4 Å². The number of carbonyl (C=O) groups is 2. The maximum absolute atomic E-state index is 12.4. The number of thiophene rings is 1. The van der Waals surface area contributed by atoms with Gasteiger partial charge in [-0.3, -0.25) is 0 Å². The minimum atomic E-state index is -0.624. The second kappa shape index (κ2) is 10.0. The highest BCUT2D eigenvalue weighted by Gasteiger charge is 2.25. The third-order valence-corrected chi connectivity index (χ3v) is 6.43. The zero-order valence-corrected chi connectivity index (χ0v) is 21.1. The molecule has 1 unspecified atom stereocenters. The number of aromatic nitrogens is 1. The van der Waals surface area contributed by atoms with Gasteiger partial charge in [0.15, 0.2) is 5.75 Å². The van der Waals surface area contributed by atoms with E-state index in [2.05, 4.69) is 10.3 Å². The molecule has 0 bridgehead atoms. The van der Waals surface area contributed by atoms with E-state index >= 15 is 0 Å². The number of halogens is 1. The molecule has 3 rings (SSSR count).